The van der Waals surface area contributed by atoms with Gasteiger partial charge in [0, 0.05) is 13.5 Å². The maximum Gasteiger partial charge on any atom is 0.364 e. The summed E-state index contributed by atoms with van der Waals surface area (Å²) in [6.07, 6.45) is 0.915. The number of aromatic nitrogens is 4. The lowest BCUT2D eigenvalue weighted by Crippen LogP contribution is -2.49. The molecule has 1 aliphatic rings. The first-order chi connectivity index (χ1) is 14.9. The predicted octanol–water partition coefficient (Wildman–Crippen LogP) is 2.52. The van der Waals surface area contributed by atoms with Crippen LogP contribution in [0.5, 0.6) is 0 Å². The van der Waals surface area contributed by atoms with Crippen molar-refractivity contribution in [2.45, 2.75) is 33.4 Å². The molecule has 5 rings (SSSR count). The summed E-state index contributed by atoms with van der Waals surface area (Å²) in [4.78, 5) is 32.1. The summed E-state index contributed by atoms with van der Waals surface area (Å²) in [5, 5.41) is 0. The average molecular weight is 417 g/mol. The zero-order chi connectivity index (χ0) is 21.7. The number of aryl methyl sites for hydroxylation is 4. The molecule has 1 aliphatic heterocycles. The van der Waals surface area contributed by atoms with Gasteiger partial charge in [0.1, 0.15) is 5.69 Å². The van der Waals surface area contributed by atoms with Crippen LogP contribution in [0.15, 0.2) is 58.1 Å². The Labute approximate surface area is 179 Å². The maximum absolute atomic E-state index is 13.5. The lowest BCUT2D eigenvalue weighted by atomic mass is 10.1. The average Bonchev–Trinajstić information content (AvgIpc) is 3.16. The first kappa shape index (κ1) is 19.4. The van der Waals surface area contributed by atoms with Gasteiger partial charge in [-0.2, -0.15) is 0 Å². The lowest BCUT2D eigenvalue weighted by molar-refractivity contribution is -0.663. The Morgan fingerprint density at radius 2 is 1.81 bits per heavy atom. The molecular weight excluding hydrogens is 390 g/mol. The van der Waals surface area contributed by atoms with Gasteiger partial charge in [0.15, 0.2) is 0 Å². The first-order valence-electron chi connectivity index (χ1n) is 10.6. The van der Waals surface area contributed by atoms with Gasteiger partial charge in [-0.3, -0.25) is 13.9 Å². The van der Waals surface area contributed by atoms with E-state index in [9.17, 15) is 9.59 Å². The van der Waals surface area contributed by atoms with Crippen molar-refractivity contribution in [3.05, 3.63) is 86.1 Å². The number of hydrogen-bond acceptors (Lipinski definition) is 3. The van der Waals surface area contributed by atoms with E-state index in [4.69, 9.17) is 0 Å². The SMILES string of the molecule is Cc1ccc(Cn2c(=O)c3c([nH]c4[n+]3CCCN4c3cccc(C)c3)n(C)c2=O)cc1. The molecule has 1 N–H and O–H groups in total. The Morgan fingerprint density at radius 3 is 2.55 bits per heavy atom. The normalized spacial score (nSPS) is 13.6. The quantitative estimate of drug-likeness (QED) is 0.522. The maximum atomic E-state index is 13.5. The monoisotopic (exact) mass is 416 g/mol. The molecule has 0 bridgehead atoms. The third kappa shape index (κ3) is 3.17. The third-order valence-electron chi connectivity index (χ3n) is 6.07. The highest BCUT2D eigenvalue weighted by Crippen LogP contribution is 2.26. The first-order valence-corrected chi connectivity index (χ1v) is 10.6. The number of benzene rings is 2. The molecule has 4 aromatic rings. The fraction of sp³-hybridized carbons (Fsp3) is 0.292. The van der Waals surface area contributed by atoms with Crippen molar-refractivity contribution in [3.8, 4) is 0 Å². The molecule has 31 heavy (non-hydrogen) atoms. The van der Waals surface area contributed by atoms with Crippen LogP contribution in [0.25, 0.3) is 11.2 Å². The number of anilines is 2. The van der Waals surface area contributed by atoms with Gasteiger partial charge in [0.25, 0.3) is 5.56 Å². The molecule has 0 spiro atoms. The van der Waals surface area contributed by atoms with Gasteiger partial charge in [-0.1, -0.05) is 42.0 Å². The minimum Gasteiger partial charge on any atom is -0.267 e. The van der Waals surface area contributed by atoms with Crippen molar-refractivity contribution in [2.24, 2.45) is 7.05 Å². The second kappa shape index (κ2) is 7.27. The molecule has 2 aromatic carbocycles. The third-order valence-corrected chi connectivity index (χ3v) is 6.07. The van der Waals surface area contributed by atoms with Crippen LogP contribution in [-0.2, 0) is 20.1 Å². The van der Waals surface area contributed by atoms with Crippen LogP contribution in [0.1, 0.15) is 23.1 Å². The Balaban J connectivity index is 1.69. The Hall–Kier alpha value is -3.61. The van der Waals surface area contributed by atoms with Gasteiger partial charge < -0.3 is 0 Å². The minimum absolute atomic E-state index is 0.254. The van der Waals surface area contributed by atoms with Crippen LogP contribution in [0.2, 0.25) is 0 Å². The van der Waals surface area contributed by atoms with Crippen molar-refractivity contribution in [3.63, 3.8) is 0 Å². The van der Waals surface area contributed by atoms with E-state index in [1.807, 2.05) is 41.8 Å². The molecule has 0 saturated heterocycles. The number of nitrogens with one attached hydrogen (secondary N) is 1. The van der Waals surface area contributed by atoms with Crippen LogP contribution < -0.4 is 20.7 Å². The molecule has 2 aromatic heterocycles. The van der Waals surface area contributed by atoms with Gasteiger partial charge >= 0.3 is 11.6 Å². The van der Waals surface area contributed by atoms with Gasteiger partial charge in [0.2, 0.25) is 11.2 Å². The van der Waals surface area contributed by atoms with E-state index in [0.29, 0.717) is 11.2 Å². The summed E-state index contributed by atoms with van der Waals surface area (Å²) >= 11 is 0. The second-order valence-corrected chi connectivity index (χ2v) is 8.36. The Morgan fingerprint density at radius 1 is 1.03 bits per heavy atom. The highest BCUT2D eigenvalue weighted by atomic mass is 16.2. The van der Waals surface area contributed by atoms with E-state index in [-0.39, 0.29) is 17.8 Å². The summed E-state index contributed by atoms with van der Waals surface area (Å²) in [5.74, 6) is 0.840. The molecule has 0 aliphatic carbocycles. The van der Waals surface area contributed by atoms with Crippen molar-refractivity contribution in [2.75, 3.05) is 11.4 Å². The van der Waals surface area contributed by atoms with Gasteiger partial charge in [-0.25, -0.2) is 19.2 Å². The fourth-order valence-corrected chi connectivity index (χ4v) is 4.40. The topological polar surface area (TPSA) is 66.9 Å². The molecule has 0 unspecified atom stereocenters. The molecule has 0 atom stereocenters. The molecular formula is C24H26N5O2+. The molecule has 0 amide bonds. The van der Waals surface area contributed by atoms with Crippen molar-refractivity contribution >= 4 is 22.8 Å². The van der Waals surface area contributed by atoms with E-state index in [0.717, 1.165) is 42.3 Å². The van der Waals surface area contributed by atoms with Crippen molar-refractivity contribution in [1.29, 1.82) is 0 Å². The van der Waals surface area contributed by atoms with Crippen LogP contribution in [0.4, 0.5) is 11.6 Å². The van der Waals surface area contributed by atoms with Crippen LogP contribution in [0, 0.1) is 13.8 Å². The Kier molecular flexibility index (Phi) is 4.54. The molecule has 0 fully saturated rings. The van der Waals surface area contributed by atoms with E-state index in [2.05, 4.69) is 35.0 Å². The zero-order valence-corrected chi connectivity index (χ0v) is 18.1. The summed E-state index contributed by atoms with van der Waals surface area (Å²) in [7, 11) is 1.72. The van der Waals surface area contributed by atoms with E-state index >= 15 is 0 Å². The van der Waals surface area contributed by atoms with E-state index < -0.39 is 0 Å². The van der Waals surface area contributed by atoms with Gasteiger partial charge in [-0.05, 0) is 37.1 Å². The number of rotatable bonds is 3. The highest BCUT2D eigenvalue weighted by Gasteiger charge is 2.33. The summed E-state index contributed by atoms with van der Waals surface area (Å²) in [6, 6.07) is 16.2. The predicted molar refractivity (Wildman–Crippen MR) is 121 cm³/mol. The molecule has 3 heterocycles. The number of hydrogen-bond donors (Lipinski definition) is 1. The molecule has 7 nitrogen and oxygen atoms in total. The van der Waals surface area contributed by atoms with Crippen LogP contribution in [-0.4, -0.2) is 20.7 Å². The van der Waals surface area contributed by atoms with Gasteiger partial charge in [0.05, 0.1) is 19.6 Å². The summed E-state index contributed by atoms with van der Waals surface area (Å²) in [5.41, 5.74) is 4.85. The zero-order valence-electron chi connectivity index (χ0n) is 18.1. The molecule has 0 radical (unpaired) electrons. The van der Waals surface area contributed by atoms with Crippen molar-refractivity contribution < 1.29 is 4.57 Å². The number of nitrogens with zero attached hydrogens (tertiary/aromatic N) is 4. The number of fused-ring (bicyclic) bond motifs is 3. The highest BCUT2D eigenvalue weighted by molar-refractivity contribution is 5.70. The fourth-order valence-electron chi connectivity index (χ4n) is 4.40. The molecule has 7 heteroatoms. The standard InChI is InChI=1S/C24H25N5O2/c1-16-8-10-18(11-9-16)15-29-22(30)20-21(26(3)24(29)31)25-23-27(12-5-13-28(20)23)19-7-4-6-17(2)14-19/h4,6-11,14H,5,12-13,15H2,1-3H3/p+1. The van der Waals surface area contributed by atoms with Crippen molar-refractivity contribution in [1.82, 2.24) is 14.1 Å². The number of imidazole rings is 1. The Bertz CT molecular complexity index is 1410. The van der Waals surface area contributed by atoms with Crippen LogP contribution in [0.3, 0.4) is 0 Å². The lowest BCUT2D eigenvalue weighted by Gasteiger charge is -2.22. The van der Waals surface area contributed by atoms with Crippen LogP contribution >= 0.6 is 0 Å². The van der Waals surface area contributed by atoms with E-state index in [1.165, 1.54) is 10.1 Å². The summed E-state index contributed by atoms with van der Waals surface area (Å²) in [6.45, 7) is 5.92. The second-order valence-electron chi connectivity index (χ2n) is 8.36. The number of H-pyrrole nitrogens is 1. The van der Waals surface area contributed by atoms with Gasteiger partial charge in [-0.15, -0.1) is 0 Å². The number of aromatic amines is 1. The molecule has 0 saturated carbocycles. The largest absolute Gasteiger partial charge is 0.364 e. The molecule has 158 valence electrons. The van der Waals surface area contributed by atoms with E-state index in [1.54, 1.807) is 11.6 Å². The summed E-state index contributed by atoms with van der Waals surface area (Å²) < 4.78 is 4.90. The smallest absolute Gasteiger partial charge is 0.267 e. The minimum atomic E-state index is -0.320.